The van der Waals surface area contributed by atoms with Gasteiger partial charge in [-0.15, -0.1) is 0 Å². The highest BCUT2D eigenvalue weighted by Gasteiger charge is 2.24. The van der Waals surface area contributed by atoms with Crippen molar-refractivity contribution in [1.29, 1.82) is 0 Å². The van der Waals surface area contributed by atoms with E-state index < -0.39 is 5.41 Å². The molecule has 2 heteroatoms. The molecule has 0 radical (unpaired) electrons. The van der Waals surface area contributed by atoms with Gasteiger partial charge >= 0.3 is 0 Å². The van der Waals surface area contributed by atoms with Gasteiger partial charge in [-0.2, -0.15) is 0 Å². The van der Waals surface area contributed by atoms with Gasteiger partial charge in [0, 0.05) is 11.0 Å². The largest absolute Gasteiger partial charge is 0.299 e. The lowest BCUT2D eigenvalue weighted by Gasteiger charge is -2.16. The van der Waals surface area contributed by atoms with Gasteiger partial charge in [0.25, 0.3) is 0 Å². The van der Waals surface area contributed by atoms with Crippen LogP contribution in [0, 0.1) is 19.3 Å². The van der Waals surface area contributed by atoms with Crippen LogP contribution in [0.3, 0.4) is 0 Å². The van der Waals surface area contributed by atoms with Crippen LogP contribution in [-0.2, 0) is 4.79 Å². The molecule has 2 nitrogen and oxygen atoms in total. The molecule has 0 spiro atoms. The fourth-order valence-corrected chi connectivity index (χ4v) is 1.63. The topological polar surface area (TPSA) is 34.1 Å². The van der Waals surface area contributed by atoms with Crippen LogP contribution in [0.2, 0.25) is 0 Å². The summed E-state index contributed by atoms with van der Waals surface area (Å²) in [6.45, 7) is 9.41. The molecular weight excluding hydrogens is 212 g/mol. The summed E-state index contributed by atoms with van der Waals surface area (Å²) in [5.41, 5.74) is 2.28. The van der Waals surface area contributed by atoms with Crippen molar-refractivity contribution in [2.45, 2.75) is 41.0 Å². The number of Topliss-reactive ketones (excluding diaryl/α,β-unsaturated/α-hetero) is 2. The van der Waals surface area contributed by atoms with E-state index in [2.05, 4.69) is 0 Å². The third-order valence-electron chi connectivity index (χ3n) is 2.84. The van der Waals surface area contributed by atoms with Crippen LogP contribution in [0.25, 0.3) is 0 Å². The van der Waals surface area contributed by atoms with Gasteiger partial charge in [-0.05, 0) is 19.4 Å². The Bertz CT molecular complexity index is 450. The zero-order chi connectivity index (χ0) is 13.2. The fraction of sp³-hybridized carbons (Fsp3) is 0.467. The lowest BCUT2D eigenvalue weighted by Crippen LogP contribution is -2.23. The molecule has 0 heterocycles. The highest BCUT2D eigenvalue weighted by Crippen LogP contribution is 2.20. The first kappa shape index (κ1) is 13.6. The van der Waals surface area contributed by atoms with E-state index in [9.17, 15) is 9.59 Å². The van der Waals surface area contributed by atoms with E-state index in [1.165, 1.54) is 0 Å². The van der Waals surface area contributed by atoms with Gasteiger partial charge in [0.1, 0.15) is 5.78 Å². The summed E-state index contributed by atoms with van der Waals surface area (Å²) in [5, 5.41) is 0. The average Bonchev–Trinajstić information content (AvgIpc) is 2.15. The summed E-state index contributed by atoms with van der Waals surface area (Å²) >= 11 is 0. The van der Waals surface area contributed by atoms with Crippen molar-refractivity contribution in [2.24, 2.45) is 5.41 Å². The Morgan fingerprint density at radius 3 is 2.18 bits per heavy atom. The standard InChI is InChI=1S/C15H20O2/c1-10-6-7-12(11(2)8-10)13(16)9-14(17)15(3,4)5/h6-8H,9H2,1-5H3. The second-order valence-corrected chi connectivity index (χ2v) is 5.59. The number of hydrogen-bond acceptors (Lipinski definition) is 2. The fourth-order valence-electron chi connectivity index (χ4n) is 1.63. The maximum absolute atomic E-state index is 12.0. The minimum atomic E-state index is -0.450. The second kappa shape index (κ2) is 4.82. The average molecular weight is 232 g/mol. The predicted molar refractivity (Wildman–Crippen MR) is 69.3 cm³/mol. The number of hydrogen-bond donors (Lipinski definition) is 0. The van der Waals surface area contributed by atoms with Gasteiger partial charge in [-0.3, -0.25) is 9.59 Å². The predicted octanol–water partition coefficient (Wildman–Crippen LogP) is 3.49. The third-order valence-corrected chi connectivity index (χ3v) is 2.84. The third kappa shape index (κ3) is 3.52. The Kier molecular flexibility index (Phi) is 3.87. The van der Waals surface area contributed by atoms with Crippen molar-refractivity contribution in [3.05, 3.63) is 34.9 Å². The van der Waals surface area contributed by atoms with E-state index in [1.54, 1.807) is 0 Å². The van der Waals surface area contributed by atoms with Crippen LogP contribution in [0.5, 0.6) is 0 Å². The van der Waals surface area contributed by atoms with Gasteiger partial charge in [0.2, 0.25) is 0 Å². The van der Waals surface area contributed by atoms with Crippen LogP contribution < -0.4 is 0 Å². The maximum atomic E-state index is 12.0. The highest BCUT2D eigenvalue weighted by atomic mass is 16.1. The van der Waals surface area contributed by atoms with Crippen molar-refractivity contribution in [3.8, 4) is 0 Å². The second-order valence-electron chi connectivity index (χ2n) is 5.59. The lowest BCUT2D eigenvalue weighted by atomic mass is 9.86. The zero-order valence-corrected chi connectivity index (χ0v) is 11.3. The molecule has 0 aromatic heterocycles. The minimum absolute atomic E-state index is 0.00655. The van der Waals surface area contributed by atoms with Crippen molar-refractivity contribution in [1.82, 2.24) is 0 Å². The van der Waals surface area contributed by atoms with E-state index in [4.69, 9.17) is 0 Å². The summed E-state index contributed by atoms with van der Waals surface area (Å²) in [6, 6.07) is 5.68. The lowest BCUT2D eigenvalue weighted by molar-refractivity contribution is -0.125. The Hall–Kier alpha value is -1.44. The molecule has 0 aliphatic carbocycles. The maximum Gasteiger partial charge on any atom is 0.170 e. The Morgan fingerprint density at radius 1 is 1.12 bits per heavy atom. The molecule has 17 heavy (non-hydrogen) atoms. The van der Waals surface area contributed by atoms with Crippen LogP contribution >= 0.6 is 0 Å². The van der Waals surface area contributed by atoms with E-state index in [-0.39, 0.29) is 18.0 Å². The van der Waals surface area contributed by atoms with E-state index in [0.717, 1.165) is 11.1 Å². The molecule has 0 amide bonds. The van der Waals surface area contributed by atoms with Crippen LogP contribution in [0.15, 0.2) is 18.2 Å². The summed E-state index contributed by atoms with van der Waals surface area (Å²) < 4.78 is 0. The monoisotopic (exact) mass is 232 g/mol. The Labute approximate surface area is 103 Å². The van der Waals surface area contributed by atoms with E-state index in [0.29, 0.717) is 5.56 Å². The zero-order valence-electron chi connectivity index (χ0n) is 11.3. The smallest absolute Gasteiger partial charge is 0.170 e. The number of aryl methyl sites for hydroxylation is 2. The molecule has 0 saturated carbocycles. The number of rotatable bonds is 3. The highest BCUT2D eigenvalue weighted by molar-refractivity contribution is 6.09. The molecule has 0 N–H and O–H groups in total. The molecule has 1 aromatic carbocycles. The van der Waals surface area contributed by atoms with E-state index >= 15 is 0 Å². The van der Waals surface area contributed by atoms with Crippen molar-refractivity contribution >= 4 is 11.6 Å². The molecule has 92 valence electrons. The number of ketones is 2. The van der Waals surface area contributed by atoms with Crippen molar-refractivity contribution < 1.29 is 9.59 Å². The number of carbonyl (C=O) groups excluding carboxylic acids is 2. The summed E-state index contributed by atoms with van der Waals surface area (Å²) in [5.74, 6) is -0.0927. The molecule has 0 fully saturated rings. The SMILES string of the molecule is Cc1ccc(C(=O)CC(=O)C(C)(C)C)c(C)c1. The van der Waals surface area contributed by atoms with Gasteiger partial charge in [-0.1, -0.05) is 44.5 Å². The van der Waals surface area contributed by atoms with Crippen molar-refractivity contribution in [2.75, 3.05) is 0 Å². The quantitative estimate of drug-likeness (QED) is 0.590. The minimum Gasteiger partial charge on any atom is -0.299 e. The number of carbonyl (C=O) groups is 2. The Balaban J connectivity index is 2.88. The summed E-state index contributed by atoms with van der Waals surface area (Å²) in [6.07, 6.45) is -0.00655. The van der Waals surface area contributed by atoms with E-state index in [1.807, 2.05) is 52.8 Å². The number of benzene rings is 1. The van der Waals surface area contributed by atoms with Crippen LogP contribution in [0.4, 0.5) is 0 Å². The molecule has 1 rings (SSSR count). The molecule has 0 aliphatic rings. The summed E-state index contributed by atoms with van der Waals surface area (Å²) in [4.78, 5) is 23.8. The first-order chi connectivity index (χ1) is 7.71. The molecular formula is C15H20O2. The first-order valence-electron chi connectivity index (χ1n) is 5.85. The summed E-state index contributed by atoms with van der Waals surface area (Å²) in [7, 11) is 0. The molecule has 0 atom stereocenters. The van der Waals surface area contributed by atoms with Gasteiger partial charge in [0.15, 0.2) is 5.78 Å². The Morgan fingerprint density at radius 2 is 1.71 bits per heavy atom. The van der Waals surface area contributed by atoms with Gasteiger partial charge in [-0.25, -0.2) is 0 Å². The van der Waals surface area contributed by atoms with Gasteiger partial charge in [0.05, 0.1) is 6.42 Å². The molecule has 0 saturated heterocycles. The normalized spacial score (nSPS) is 11.4. The molecule has 0 unspecified atom stereocenters. The molecule has 0 aliphatic heterocycles. The first-order valence-corrected chi connectivity index (χ1v) is 5.85. The van der Waals surface area contributed by atoms with Crippen LogP contribution in [0.1, 0.15) is 48.7 Å². The molecule has 0 bridgehead atoms. The van der Waals surface area contributed by atoms with Crippen LogP contribution in [-0.4, -0.2) is 11.6 Å². The van der Waals surface area contributed by atoms with Crippen molar-refractivity contribution in [3.63, 3.8) is 0 Å². The van der Waals surface area contributed by atoms with Gasteiger partial charge < -0.3 is 0 Å². The molecule has 1 aromatic rings.